The molecule has 1 heterocycles. The minimum atomic E-state index is 0.255. The zero-order valence-corrected chi connectivity index (χ0v) is 10.2. The topological polar surface area (TPSA) is 46.3 Å². The maximum atomic E-state index is 12.0. The molecule has 1 aliphatic heterocycles. The molecule has 0 aromatic heterocycles. The molecule has 1 aromatic rings. The summed E-state index contributed by atoms with van der Waals surface area (Å²) in [5, 5.41) is 0. The maximum Gasteiger partial charge on any atom is 0.226 e. The second kappa shape index (κ2) is 5.82. The predicted octanol–water partition coefficient (Wildman–Crippen LogP) is 1.70. The van der Waals surface area contributed by atoms with E-state index in [9.17, 15) is 4.79 Å². The summed E-state index contributed by atoms with van der Waals surface area (Å²) in [7, 11) is 0. The lowest BCUT2D eigenvalue weighted by molar-refractivity contribution is -0.131. The zero-order chi connectivity index (χ0) is 12.1. The molecule has 3 heteroatoms. The molecular formula is C14H20N2O. The Bertz CT molecular complexity index is 366. The van der Waals surface area contributed by atoms with Gasteiger partial charge in [-0.1, -0.05) is 24.3 Å². The van der Waals surface area contributed by atoms with Crippen molar-refractivity contribution in [2.24, 2.45) is 5.73 Å². The van der Waals surface area contributed by atoms with Gasteiger partial charge in [0.1, 0.15) is 0 Å². The highest BCUT2D eigenvalue weighted by atomic mass is 16.2. The summed E-state index contributed by atoms with van der Waals surface area (Å²) in [6.45, 7) is 2.42. The molecule has 92 valence electrons. The van der Waals surface area contributed by atoms with E-state index >= 15 is 0 Å². The van der Waals surface area contributed by atoms with E-state index < -0.39 is 0 Å². The molecule has 0 aliphatic carbocycles. The van der Waals surface area contributed by atoms with E-state index in [0.29, 0.717) is 13.0 Å². The molecule has 0 radical (unpaired) electrons. The quantitative estimate of drug-likeness (QED) is 0.862. The van der Waals surface area contributed by atoms with Gasteiger partial charge in [-0.2, -0.15) is 0 Å². The number of hydrogen-bond donors (Lipinski definition) is 1. The molecule has 3 nitrogen and oxygen atoms in total. The first kappa shape index (κ1) is 12.1. The van der Waals surface area contributed by atoms with Gasteiger partial charge in [-0.3, -0.25) is 4.79 Å². The number of rotatable bonds is 3. The molecule has 0 atom stereocenters. The monoisotopic (exact) mass is 232 g/mol. The number of likely N-dealkylation sites (tertiary alicyclic amines) is 1. The van der Waals surface area contributed by atoms with E-state index in [1.54, 1.807) is 0 Å². The summed E-state index contributed by atoms with van der Waals surface area (Å²) in [6.07, 6.45) is 4.08. The molecule has 0 bridgehead atoms. The average molecular weight is 232 g/mol. The van der Waals surface area contributed by atoms with Crippen LogP contribution >= 0.6 is 0 Å². The summed E-state index contributed by atoms with van der Waals surface area (Å²) in [6, 6.07) is 8.01. The fourth-order valence-corrected chi connectivity index (χ4v) is 2.22. The summed E-state index contributed by atoms with van der Waals surface area (Å²) in [4.78, 5) is 14.0. The highest BCUT2D eigenvalue weighted by molar-refractivity contribution is 5.78. The number of amides is 1. The standard InChI is InChI=1S/C14H20N2O/c15-11-13-6-4-12(5-7-13)10-14(17)16-8-2-1-3-9-16/h4-7H,1-3,8-11,15H2. The molecule has 2 N–H and O–H groups in total. The Labute approximate surface area is 103 Å². The van der Waals surface area contributed by atoms with Crippen LogP contribution in [0.5, 0.6) is 0 Å². The second-order valence-corrected chi connectivity index (χ2v) is 4.64. The van der Waals surface area contributed by atoms with Gasteiger partial charge < -0.3 is 10.6 Å². The molecule has 0 spiro atoms. The van der Waals surface area contributed by atoms with Crippen LogP contribution in [-0.4, -0.2) is 23.9 Å². The van der Waals surface area contributed by atoms with Crippen LogP contribution in [0.1, 0.15) is 30.4 Å². The van der Waals surface area contributed by atoms with Crippen molar-refractivity contribution in [3.05, 3.63) is 35.4 Å². The molecule has 2 rings (SSSR count). The Morgan fingerprint density at radius 3 is 2.24 bits per heavy atom. The third kappa shape index (κ3) is 3.30. The Morgan fingerprint density at radius 2 is 1.65 bits per heavy atom. The molecule has 17 heavy (non-hydrogen) atoms. The average Bonchev–Trinajstić information content (AvgIpc) is 2.40. The van der Waals surface area contributed by atoms with Gasteiger partial charge in [0.15, 0.2) is 0 Å². The fraction of sp³-hybridized carbons (Fsp3) is 0.500. The van der Waals surface area contributed by atoms with Gasteiger partial charge >= 0.3 is 0 Å². The Morgan fingerprint density at radius 1 is 1.06 bits per heavy atom. The van der Waals surface area contributed by atoms with Crippen LogP contribution in [0, 0.1) is 0 Å². The molecule has 0 unspecified atom stereocenters. The van der Waals surface area contributed by atoms with E-state index in [1.807, 2.05) is 29.2 Å². The van der Waals surface area contributed by atoms with E-state index in [1.165, 1.54) is 6.42 Å². The molecule has 1 aromatic carbocycles. The number of nitrogens with zero attached hydrogens (tertiary/aromatic N) is 1. The summed E-state index contributed by atoms with van der Waals surface area (Å²) >= 11 is 0. The van der Waals surface area contributed by atoms with Crippen molar-refractivity contribution in [2.75, 3.05) is 13.1 Å². The van der Waals surface area contributed by atoms with Crippen LogP contribution in [-0.2, 0) is 17.8 Å². The number of carbonyl (C=O) groups is 1. The molecule has 1 aliphatic rings. The van der Waals surface area contributed by atoms with Crippen molar-refractivity contribution in [3.63, 3.8) is 0 Å². The van der Waals surface area contributed by atoms with Crippen LogP contribution in [0.3, 0.4) is 0 Å². The van der Waals surface area contributed by atoms with Crippen molar-refractivity contribution < 1.29 is 4.79 Å². The molecular weight excluding hydrogens is 212 g/mol. The van der Waals surface area contributed by atoms with Gasteiger partial charge in [0.2, 0.25) is 5.91 Å². The van der Waals surface area contributed by atoms with Gasteiger partial charge in [0, 0.05) is 19.6 Å². The van der Waals surface area contributed by atoms with Crippen molar-refractivity contribution in [3.8, 4) is 0 Å². The normalized spacial score (nSPS) is 15.9. The van der Waals surface area contributed by atoms with E-state index in [2.05, 4.69) is 0 Å². The van der Waals surface area contributed by atoms with E-state index in [0.717, 1.165) is 37.1 Å². The zero-order valence-electron chi connectivity index (χ0n) is 10.2. The van der Waals surface area contributed by atoms with E-state index in [4.69, 9.17) is 5.73 Å². The van der Waals surface area contributed by atoms with Crippen LogP contribution in [0.2, 0.25) is 0 Å². The summed E-state index contributed by atoms with van der Waals surface area (Å²) in [5.74, 6) is 0.255. The predicted molar refractivity (Wildman–Crippen MR) is 68.5 cm³/mol. The van der Waals surface area contributed by atoms with Crippen molar-refractivity contribution in [1.29, 1.82) is 0 Å². The minimum absolute atomic E-state index is 0.255. The molecule has 1 saturated heterocycles. The smallest absolute Gasteiger partial charge is 0.226 e. The minimum Gasteiger partial charge on any atom is -0.342 e. The third-order valence-corrected chi connectivity index (χ3v) is 3.32. The number of benzene rings is 1. The van der Waals surface area contributed by atoms with Gasteiger partial charge in [-0.05, 0) is 30.4 Å². The van der Waals surface area contributed by atoms with Gasteiger partial charge in [-0.15, -0.1) is 0 Å². The van der Waals surface area contributed by atoms with Crippen molar-refractivity contribution >= 4 is 5.91 Å². The largest absolute Gasteiger partial charge is 0.342 e. The van der Waals surface area contributed by atoms with Crippen molar-refractivity contribution in [1.82, 2.24) is 4.90 Å². The molecule has 1 fully saturated rings. The Hall–Kier alpha value is -1.35. The van der Waals surface area contributed by atoms with Gasteiger partial charge in [0.05, 0.1) is 6.42 Å². The van der Waals surface area contributed by atoms with E-state index in [-0.39, 0.29) is 5.91 Å². The van der Waals surface area contributed by atoms with Crippen LogP contribution in [0.4, 0.5) is 0 Å². The number of piperidine rings is 1. The van der Waals surface area contributed by atoms with Crippen LogP contribution < -0.4 is 5.73 Å². The SMILES string of the molecule is NCc1ccc(CC(=O)N2CCCCC2)cc1. The third-order valence-electron chi connectivity index (χ3n) is 3.32. The first-order valence-electron chi connectivity index (χ1n) is 6.35. The van der Waals surface area contributed by atoms with Crippen LogP contribution in [0.25, 0.3) is 0 Å². The lowest BCUT2D eigenvalue weighted by Crippen LogP contribution is -2.36. The van der Waals surface area contributed by atoms with Gasteiger partial charge in [-0.25, -0.2) is 0 Å². The maximum absolute atomic E-state index is 12.0. The van der Waals surface area contributed by atoms with Crippen LogP contribution in [0.15, 0.2) is 24.3 Å². The van der Waals surface area contributed by atoms with Gasteiger partial charge in [0.25, 0.3) is 0 Å². The molecule has 0 saturated carbocycles. The number of nitrogens with two attached hydrogens (primary N) is 1. The lowest BCUT2D eigenvalue weighted by Gasteiger charge is -2.26. The highest BCUT2D eigenvalue weighted by Gasteiger charge is 2.16. The highest BCUT2D eigenvalue weighted by Crippen LogP contribution is 2.11. The first-order valence-corrected chi connectivity index (χ1v) is 6.35. The Balaban J connectivity index is 1.92. The molecule has 1 amide bonds. The lowest BCUT2D eigenvalue weighted by atomic mass is 10.1. The summed E-state index contributed by atoms with van der Waals surface area (Å²) < 4.78 is 0. The first-order chi connectivity index (χ1) is 8.29. The Kier molecular flexibility index (Phi) is 4.15. The van der Waals surface area contributed by atoms with Crippen molar-refractivity contribution in [2.45, 2.75) is 32.2 Å². The number of hydrogen-bond acceptors (Lipinski definition) is 2. The summed E-state index contributed by atoms with van der Waals surface area (Å²) in [5.41, 5.74) is 7.73. The number of carbonyl (C=O) groups excluding carboxylic acids is 1. The fourth-order valence-electron chi connectivity index (χ4n) is 2.22. The second-order valence-electron chi connectivity index (χ2n) is 4.64.